The van der Waals surface area contributed by atoms with Crippen molar-refractivity contribution in [1.29, 1.82) is 0 Å². The summed E-state index contributed by atoms with van der Waals surface area (Å²) < 4.78 is 14.2. The summed E-state index contributed by atoms with van der Waals surface area (Å²) in [4.78, 5) is 23.2. The molecule has 5 nitrogen and oxygen atoms in total. The Morgan fingerprint density at radius 1 is 1.21 bits per heavy atom. The molecule has 28 heavy (non-hydrogen) atoms. The lowest BCUT2D eigenvalue weighted by Crippen LogP contribution is -2.35. The number of halogens is 1. The molecule has 0 saturated heterocycles. The maximum Gasteiger partial charge on any atom is 0.335 e. The molecule has 3 N–H and O–H groups in total. The fraction of sp³-hybridized carbons (Fsp3) is 0.364. The van der Waals surface area contributed by atoms with Crippen LogP contribution in [-0.4, -0.2) is 17.0 Å². The van der Waals surface area contributed by atoms with E-state index < -0.39 is 11.8 Å². The molecule has 1 amide bonds. The number of benzene rings is 2. The zero-order chi connectivity index (χ0) is 20.6. The number of hydrogen-bond acceptors (Lipinski definition) is 3. The van der Waals surface area contributed by atoms with Crippen LogP contribution in [0.1, 0.15) is 55.2 Å². The Morgan fingerprint density at radius 2 is 1.93 bits per heavy atom. The van der Waals surface area contributed by atoms with E-state index in [0.29, 0.717) is 6.42 Å². The van der Waals surface area contributed by atoms with Gasteiger partial charge in [-0.15, -0.1) is 0 Å². The third-order valence-electron chi connectivity index (χ3n) is 5.19. The number of aromatic carboxylic acids is 1. The first kappa shape index (κ1) is 19.9. The second kappa shape index (κ2) is 7.26. The van der Waals surface area contributed by atoms with Gasteiger partial charge in [-0.2, -0.15) is 0 Å². The van der Waals surface area contributed by atoms with Crippen molar-refractivity contribution in [1.82, 2.24) is 0 Å². The Bertz CT molecular complexity index is 937. The van der Waals surface area contributed by atoms with Gasteiger partial charge in [-0.05, 0) is 53.3 Å². The molecule has 6 heteroatoms. The molecule has 0 fully saturated rings. The van der Waals surface area contributed by atoms with Crippen LogP contribution in [-0.2, 0) is 11.2 Å². The van der Waals surface area contributed by atoms with E-state index in [2.05, 4.69) is 24.5 Å². The molecule has 0 spiro atoms. The van der Waals surface area contributed by atoms with Gasteiger partial charge in [0.05, 0.1) is 17.3 Å². The Morgan fingerprint density at radius 3 is 2.57 bits per heavy atom. The molecule has 0 saturated carbocycles. The summed E-state index contributed by atoms with van der Waals surface area (Å²) in [5.41, 5.74) is 2.85. The minimum Gasteiger partial charge on any atom is -0.478 e. The Balaban J connectivity index is 1.95. The molecule has 0 radical (unpaired) electrons. The lowest BCUT2D eigenvalue weighted by Gasteiger charge is -2.41. The topological polar surface area (TPSA) is 78.4 Å². The molecule has 2 aromatic rings. The number of anilines is 2. The molecule has 1 atom stereocenters. The van der Waals surface area contributed by atoms with Gasteiger partial charge in [0, 0.05) is 11.6 Å². The van der Waals surface area contributed by atoms with Crippen molar-refractivity contribution in [2.24, 2.45) is 11.3 Å². The molecule has 1 heterocycles. The number of hydrogen-bond donors (Lipinski definition) is 3. The summed E-state index contributed by atoms with van der Waals surface area (Å²) in [5, 5.41) is 15.3. The third-order valence-corrected chi connectivity index (χ3v) is 5.19. The predicted octanol–water partition coefficient (Wildman–Crippen LogP) is 4.85. The van der Waals surface area contributed by atoms with Crippen molar-refractivity contribution in [3.63, 3.8) is 0 Å². The lowest BCUT2D eigenvalue weighted by molar-refractivity contribution is -0.118. The number of fused-ring (bicyclic) bond motifs is 1. The number of amides is 1. The summed E-state index contributed by atoms with van der Waals surface area (Å²) in [7, 11) is 0. The van der Waals surface area contributed by atoms with E-state index in [9.17, 15) is 19.1 Å². The van der Waals surface area contributed by atoms with Crippen LogP contribution in [0.5, 0.6) is 0 Å². The van der Waals surface area contributed by atoms with Crippen LogP contribution in [0.25, 0.3) is 0 Å². The maximum absolute atomic E-state index is 14.2. The van der Waals surface area contributed by atoms with Crippen LogP contribution in [0, 0.1) is 17.2 Å². The van der Waals surface area contributed by atoms with Gasteiger partial charge in [0.15, 0.2) is 0 Å². The van der Waals surface area contributed by atoms with Gasteiger partial charge in [0.25, 0.3) is 0 Å². The summed E-state index contributed by atoms with van der Waals surface area (Å²) in [6, 6.07) is 9.68. The number of carboxylic acids is 1. The molecule has 1 aliphatic heterocycles. The van der Waals surface area contributed by atoms with Crippen molar-refractivity contribution in [3.8, 4) is 0 Å². The van der Waals surface area contributed by atoms with Gasteiger partial charge >= 0.3 is 5.97 Å². The summed E-state index contributed by atoms with van der Waals surface area (Å²) in [5.74, 6) is -1.91. The Hall–Kier alpha value is -2.89. The van der Waals surface area contributed by atoms with Crippen LogP contribution in [0.4, 0.5) is 15.8 Å². The van der Waals surface area contributed by atoms with Crippen LogP contribution in [0.15, 0.2) is 36.4 Å². The average molecular weight is 384 g/mol. The highest BCUT2D eigenvalue weighted by Crippen LogP contribution is 2.45. The highest BCUT2D eigenvalue weighted by atomic mass is 19.1. The van der Waals surface area contributed by atoms with Crippen molar-refractivity contribution < 1.29 is 19.1 Å². The summed E-state index contributed by atoms with van der Waals surface area (Å²) >= 11 is 0. The standard InChI is InChI=1S/C22H25FN2O3/c1-12(2)20(26)25-18-10-13(5-7-16(18)23)19-22(3,4)11-15-9-14(21(27)28)6-8-17(15)24-19/h5-10,12,19,24H,11H2,1-4H3,(H,25,26)(H,27,28). The first-order chi connectivity index (χ1) is 13.1. The fourth-order valence-corrected chi connectivity index (χ4v) is 3.59. The quantitative estimate of drug-likeness (QED) is 0.704. The highest BCUT2D eigenvalue weighted by molar-refractivity contribution is 5.92. The predicted molar refractivity (Wildman–Crippen MR) is 107 cm³/mol. The summed E-state index contributed by atoms with van der Waals surface area (Å²) in [6.45, 7) is 7.67. The molecule has 1 aliphatic rings. The summed E-state index contributed by atoms with van der Waals surface area (Å²) in [6.07, 6.45) is 0.673. The number of carbonyl (C=O) groups is 2. The monoisotopic (exact) mass is 384 g/mol. The van der Waals surface area contributed by atoms with Gasteiger partial charge in [0.1, 0.15) is 5.82 Å². The van der Waals surface area contributed by atoms with Gasteiger partial charge in [-0.3, -0.25) is 4.79 Å². The van der Waals surface area contributed by atoms with E-state index >= 15 is 0 Å². The molecule has 1 unspecified atom stereocenters. The van der Waals surface area contributed by atoms with Crippen LogP contribution >= 0.6 is 0 Å². The van der Waals surface area contributed by atoms with Crippen molar-refractivity contribution in [2.45, 2.75) is 40.2 Å². The molecule has 0 bridgehead atoms. The largest absolute Gasteiger partial charge is 0.478 e. The molecule has 0 aromatic heterocycles. The van der Waals surface area contributed by atoms with E-state index in [0.717, 1.165) is 16.8 Å². The normalized spacial score (nSPS) is 17.6. The second-order valence-corrected chi connectivity index (χ2v) is 8.30. The molecule has 3 rings (SSSR count). The van der Waals surface area contributed by atoms with Crippen LogP contribution in [0.2, 0.25) is 0 Å². The SMILES string of the molecule is CC(C)C(=O)Nc1cc(C2Nc3ccc(C(=O)O)cc3CC2(C)C)ccc1F. The minimum atomic E-state index is -0.952. The van der Waals surface area contributed by atoms with E-state index in [-0.39, 0.29) is 34.5 Å². The molecule has 148 valence electrons. The Labute approximate surface area is 164 Å². The molecular formula is C22H25FN2O3. The zero-order valence-electron chi connectivity index (χ0n) is 16.5. The number of rotatable bonds is 4. The van der Waals surface area contributed by atoms with Crippen molar-refractivity contribution in [3.05, 3.63) is 58.9 Å². The number of carbonyl (C=O) groups excluding carboxylic acids is 1. The van der Waals surface area contributed by atoms with Crippen LogP contribution in [0.3, 0.4) is 0 Å². The molecule has 2 aromatic carbocycles. The zero-order valence-corrected chi connectivity index (χ0v) is 16.5. The lowest BCUT2D eigenvalue weighted by atomic mass is 9.72. The first-order valence-corrected chi connectivity index (χ1v) is 9.31. The van der Waals surface area contributed by atoms with E-state index in [1.165, 1.54) is 6.07 Å². The minimum absolute atomic E-state index is 0.119. The third kappa shape index (κ3) is 3.86. The molecule has 0 aliphatic carbocycles. The fourth-order valence-electron chi connectivity index (χ4n) is 3.59. The number of carboxylic acid groups (broad SMARTS) is 1. The van der Waals surface area contributed by atoms with Gasteiger partial charge < -0.3 is 15.7 Å². The highest BCUT2D eigenvalue weighted by Gasteiger charge is 2.36. The van der Waals surface area contributed by atoms with E-state index in [4.69, 9.17) is 0 Å². The second-order valence-electron chi connectivity index (χ2n) is 8.30. The van der Waals surface area contributed by atoms with E-state index in [1.54, 1.807) is 44.2 Å². The van der Waals surface area contributed by atoms with Crippen LogP contribution < -0.4 is 10.6 Å². The number of nitrogens with one attached hydrogen (secondary N) is 2. The van der Waals surface area contributed by atoms with Gasteiger partial charge in [0.2, 0.25) is 5.91 Å². The first-order valence-electron chi connectivity index (χ1n) is 9.31. The van der Waals surface area contributed by atoms with E-state index in [1.807, 2.05) is 0 Å². The van der Waals surface area contributed by atoms with Crippen molar-refractivity contribution >= 4 is 23.3 Å². The maximum atomic E-state index is 14.2. The molecular weight excluding hydrogens is 359 g/mol. The van der Waals surface area contributed by atoms with Crippen molar-refractivity contribution in [2.75, 3.05) is 10.6 Å². The van der Waals surface area contributed by atoms with Gasteiger partial charge in [-0.25, -0.2) is 9.18 Å². The average Bonchev–Trinajstić information content (AvgIpc) is 2.61. The smallest absolute Gasteiger partial charge is 0.335 e. The Kier molecular flexibility index (Phi) is 5.15. The van der Waals surface area contributed by atoms with Gasteiger partial charge in [-0.1, -0.05) is 33.8 Å².